The summed E-state index contributed by atoms with van der Waals surface area (Å²) in [5.41, 5.74) is -3.01. The monoisotopic (exact) mass is 621 g/mol. The number of halogens is 6. The molecule has 0 unspecified atom stereocenters. The maximum atomic E-state index is 15.7. The van der Waals surface area contributed by atoms with Crippen LogP contribution in [0.3, 0.4) is 0 Å². The number of benzene rings is 1. The van der Waals surface area contributed by atoms with E-state index in [1.165, 1.54) is 16.7 Å². The number of rotatable bonds is 7. The molecule has 1 aliphatic heterocycles. The van der Waals surface area contributed by atoms with Gasteiger partial charge in [0.15, 0.2) is 11.4 Å². The first-order chi connectivity index (χ1) is 20.2. The average Bonchev–Trinajstić information content (AvgIpc) is 3.62. The van der Waals surface area contributed by atoms with Crippen LogP contribution in [0.4, 0.5) is 22.0 Å². The molecular weight excluding hydrogens is 601 g/mol. The summed E-state index contributed by atoms with van der Waals surface area (Å²) in [5, 5.41) is 13.2. The van der Waals surface area contributed by atoms with Crippen molar-refractivity contribution in [1.82, 2.24) is 19.7 Å². The molecule has 6 rings (SSSR count). The number of imidazole rings is 1. The number of hydrogen-bond donors (Lipinski definition) is 3. The Morgan fingerprint density at radius 2 is 1.86 bits per heavy atom. The Hall–Kier alpha value is -4.30. The molecule has 2 atom stereocenters. The number of pyridine rings is 2. The van der Waals surface area contributed by atoms with Crippen LogP contribution in [0.2, 0.25) is 5.02 Å². The van der Waals surface area contributed by atoms with E-state index in [1.54, 1.807) is 6.20 Å². The first kappa shape index (κ1) is 28.8. The summed E-state index contributed by atoms with van der Waals surface area (Å²) in [5.74, 6) is -3.37. The van der Waals surface area contributed by atoms with Crippen molar-refractivity contribution < 1.29 is 41.4 Å². The molecule has 4 aromatic rings. The van der Waals surface area contributed by atoms with Gasteiger partial charge in [-0.2, -0.15) is 13.2 Å². The molecule has 0 radical (unpaired) electrons. The number of carbonyl (C=O) groups excluding carboxylic acids is 2. The fraction of sp³-hybridized carbons (Fsp3) is 0.286. The lowest BCUT2D eigenvalue weighted by molar-refractivity contribution is -0.265. The summed E-state index contributed by atoms with van der Waals surface area (Å²) in [6.07, 6.45) is -0.543. The number of aliphatic hydroxyl groups is 1. The zero-order valence-corrected chi connectivity index (χ0v) is 22.6. The van der Waals surface area contributed by atoms with Crippen LogP contribution in [0.5, 0.6) is 5.75 Å². The molecule has 224 valence electrons. The lowest BCUT2D eigenvalue weighted by Gasteiger charge is -2.31. The van der Waals surface area contributed by atoms with Crippen molar-refractivity contribution in [3.8, 4) is 17.0 Å². The van der Waals surface area contributed by atoms with Crippen molar-refractivity contribution in [1.29, 1.82) is 0 Å². The highest BCUT2D eigenvalue weighted by Gasteiger charge is 2.58. The summed E-state index contributed by atoms with van der Waals surface area (Å²) in [6, 6.07) is 6.00. The maximum absolute atomic E-state index is 15.7. The Morgan fingerprint density at radius 3 is 2.49 bits per heavy atom. The number of nitrogens with two attached hydrogens (primary N) is 1. The van der Waals surface area contributed by atoms with E-state index in [2.05, 4.69) is 9.97 Å². The normalized spacial score (nSPS) is 19.5. The predicted octanol–water partition coefficient (Wildman–Crippen LogP) is 4.29. The first-order valence-corrected chi connectivity index (χ1v) is 13.3. The highest BCUT2D eigenvalue weighted by molar-refractivity contribution is 6.33. The number of carbonyl (C=O) groups is 2. The molecule has 4 heterocycles. The molecule has 0 saturated heterocycles. The van der Waals surface area contributed by atoms with E-state index in [0.29, 0.717) is 11.7 Å². The molecule has 1 aliphatic carbocycles. The van der Waals surface area contributed by atoms with Crippen molar-refractivity contribution in [3.05, 3.63) is 82.1 Å². The average molecular weight is 622 g/mol. The summed E-state index contributed by atoms with van der Waals surface area (Å²) in [7, 11) is 0. The second-order valence-corrected chi connectivity index (χ2v) is 10.9. The Labute approximate surface area is 244 Å². The van der Waals surface area contributed by atoms with Gasteiger partial charge < -0.3 is 25.3 Å². The lowest BCUT2D eigenvalue weighted by atomic mass is 9.90. The fourth-order valence-corrected chi connectivity index (χ4v) is 5.12. The van der Waals surface area contributed by atoms with Gasteiger partial charge in [0.25, 0.3) is 17.5 Å². The highest BCUT2D eigenvalue weighted by atomic mass is 35.5. The van der Waals surface area contributed by atoms with Gasteiger partial charge in [0.1, 0.15) is 18.1 Å². The molecule has 2 amide bonds. The lowest BCUT2D eigenvalue weighted by Crippen LogP contribution is -2.51. The molecule has 43 heavy (non-hydrogen) atoms. The molecule has 9 nitrogen and oxygen atoms in total. The van der Waals surface area contributed by atoms with E-state index in [4.69, 9.17) is 22.1 Å². The zero-order valence-electron chi connectivity index (χ0n) is 21.9. The Bertz CT molecular complexity index is 1790. The van der Waals surface area contributed by atoms with Crippen LogP contribution in [0.1, 0.15) is 46.1 Å². The van der Waals surface area contributed by atoms with Crippen molar-refractivity contribution in [3.63, 3.8) is 0 Å². The van der Waals surface area contributed by atoms with Crippen molar-refractivity contribution in [2.24, 2.45) is 5.73 Å². The Morgan fingerprint density at radius 1 is 1.16 bits per heavy atom. The summed E-state index contributed by atoms with van der Waals surface area (Å²) < 4.78 is 79.7. The topological polar surface area (TPSA) is 132 Å². The smallest absolute Gasteiger partial charge is 0.424 e. The van der Waals surface area contributed by atoms with Gasteiger partial charge in [0.05, 0.1) is 28.5 Å². The van der Waals surface area contributed by atoms with E-state index in [0.717, 1.165) is 42.8 Å². The minimum atomic E-state index is -5.47. The number of alkyl halides is 4. The number of amides is 2. The third-order valence-corrected chi connectivity index (χ3v) is 7.78. The number of nitrogens with one attached hydrogen (secondary N) is 1. The molecule has 2 aliphatic rings. The molecule has 1 saturated carbocycles. The van der Waals surface area contributed by atoms with E-state index < -0.39 is 70.9 Å². The van der Waals surface area contributed by atoms with Crippen LogP contribution in [-0.4, -0.2) is 50.6 Å². The molecule has 0 spiro atoms. The molecule has 15 heteroatoms. The zero-order chi connectivity index (χ0) is 30.9. The van der Waals surface area contributed by atoms with Crippen LogP contribution in [0.25, 0.3) is 16.9 Å². The van der Waals surface area contributed by atoms with E-state index in [1.807, 2.05) is 5.32 Å². The van der Waals surface area contributed by atoms with Crippen LogP contribution < -0.4 is 15.8 Å². The Kier molecular flexibility index (Phi) is 6.62. The number of fused-ring (bicyclic) bond motifs is 2. The van der Waals surface area contributed by atoms with Gasteiger partial charge in [-0.15, -0.1) is 0 Å². The van der Waals surface area contributed by atoms with Crippen molar-refractivity contribution in [2.45, 2.75) is 36.2 Å². The van der Waals surface area contributed by atoms with Gasteiger partial charge in [-0.3, -0.25) is 9.59 Å². The van der Waals surface area contributed by atoms with E-state index >= 15 is 4.39 Å². The standard InChI is InChI=1S/C28H21ClF5N5O4/c29-18-7-15(9-39-10-19(13-1-2-13)37-23(18)39)24(40)36-11-27(42,28(32,33)34)20-8-17-22(43-12-26(17,31)25(35)41)21(38-20)14-3-5-16(30)6-4-14/h3-10,13,42H,1-2,11-12H2,(H2,35,41)(H,36,40)/t26-,27+/m1/s1. The van der Waals surface area contributed by atoms with Gasteiger partial charge in [0.2, 0.25) is 5.60 Å². The number of nitrogens with zero attached hydrogens (tertiary/aromatic N) is 3. The van der Waals surface area contributed by atoms with Gasteiger partial charge in [-0.1, -0.05) is 11.6 Å². The van der Waals surface area contributed by atoms with Gasteiger partial charge in [-0.25, -0.2) is 18.7 Å². The maximum Gasteiger partial charge on any atom is 0.424 e. The third kappa shape index (κ3) is 4.83. The molecule has 1 aromatic carbocycles. The quantitative estimate of drug-likeness (QED) is 0.264. The second-order valence-electron chi connectivity index (χ2n) is 10.5. The van der Waals surface area contributed by atoms with Crippen LogP contribution >= 0.6 is 11.6 Å². The third-order valence-electron chi connectivity index (χ3n) is 7.50. The van der Waals surface area contributed by atoms with Crippen LogP contribution in [0, 0.1) is 5.82 Å². The van der Waals surface area contributed by atoms with Gasteiger partial charge in [-0.05, 0) is 49.2 Å². The fourth-order valence-electron chi connectivity index (χ4n) is 4.86. The van der Waals surface area contributed by atoms with E-state index in [-0.39, 0.29) is 22.1 Å². The summed E-state index contributed by atoms with van der Waals surface area (Å²) >= 11 is 6.28. The molecule has 1 fully saturated rings. The predicted molar refractivity (Wildman–Crippen MR) is 142 cm³/mol. The van der Waals surface area contributed by atoms with Crippen molar-refractivity contribution >= 4 is 29.1 Å². The summed E-state index contributed by atoms with van der Waals surface area (Å²) in [4.78, 5) is 33.4. The molecular formula is C28H21ClF5N5O4. The number of ether oxygens (including phenoxy) is 1. The van der Waals surface area contributed by atoms with Crippen LogP contribution in [-0.2, 0) is 16.1 Å². The SMILES string of the molecule is NC(=O)[C@@]1(F)COc2c1cc([C@@](O)(CNC(=O)c1cc(Cl)c3nc(C4CC4)cn3c1)C(F)(F)F)nc2-c1ccc(F)cc1. The van der Waals surface area contributed by atoms with Gasteiger partial charge in [0, 0.05) is 29.4 Å². The molecule has 3 aromatic heterocycles. The second kappa shape index (κ2) is 9.88. The number of primary amides is 1. The number of hydrogen-bond acceptors (Lipinski definition) is 6. The van der Waals surface area contributed by atoms with Crippen molar-refractivity contribution in [2.75, 3.05) is 13.2 Å². The largest absolute Gasteiger partial charge is 0.487 e. The first-order valence-electron chi connectivity index (χ1n) is 12.9. The van der Waals surface area contributed by atoms with E-state index in [9.17, 15) is 32.3 Å². The minimum Gasteiger partial charge on any atom is -0.487 e. The van der Waals surface area contributed by atoms with Crippen LogP contribution in [0.15, 0.2) is 48.8 Å². The highest BCUT2D eigenvalue weighted by Crippen LogP contribution is 2.48. The minimum absolute atomic E-state index is 0.00405. The summed E-state index contributed by atoms with van der Waals surface area (Å²) in [6.45, 7) is -2.42. The molecule has 4 N–H and O–H groups in total. The Balaban J connectivity index is 1.39. The van der Waals surface area contributed by atoms with Gasteiger partial charge >= 0.3 is 6.18 Å². The number of aromatic nitrogens is 3. The molecule has 0 bridgehead atoms.